The molecule has 0 N–H and O–H groups in total. The minimum absolute atomic E-state index is 0.700. The number of hydrogen-bond donors (Lipinski definition) is 0. The van der Waals surface area contributed by atoms with E-state index in [1.54, 1.807) is 0 Å². The standard InChI is InChI=1S/C22H29N/c1-16-15-21(18-11-6-3-7-12-18)23-22-19(16)13-8-14-20(22)17-9-4-2-5-10-17/h8,13-15,17-18H,2-7,9-12H2,1H3. The lowest BCUT2D eigenvalue weighted by molar-refractivity contribution is 0.436. The van der Waals surface area contributed by atoms with Crippen molar-refractivity contribution in [2.75, 3.05) is 0 Å². The third kappa shape index (κ3) is 3.03. The van der Waals surface area contributed by atoms with Gasteiger partial charge in [-0.2, -0.15) is 0 Å². The second kappa shape index (κ2) is 6.63. The first-order valence-electron chi connectivity index (χ1n) is 9.73. The molecule has 2 aromatic rings. The Morgan fingerprint density at radius 2 is 1.48 bits per heavy atom. The summed E-state index contributed by atoms with van der Waals surface area (Å²) in [5.41, 5.74) is 5.65. The molecule has 23 heavy (non-hydrogen) atoms. The SMILES string of the molecule is Cc1cc(C2CCCCC2)nc2c(C3CCCCC3)cccc12. The number of pyridine rings is 1. The van der Waals surface area contributed by atoms with Gasteiger partial charge in [-0.15, -0.1) is 0 Å². The number of nitrogens with zero attached hydrogens (tertiary/aromatic N) is 1. The molecule has 2 fully saturated rings. The van der Waals surface area contributed by atoms with E-state index in [1.165, 1.54) is 91.9 Å². The van der Waals surface area contributed by atoms with Gasteiger partial charge in [0.05, 0.1) is 5.52 Å². The quantitative estimate of drug-likeness (QED) is 0.606. The Morgan fingerprint density at radius 1 is 0.826 bits per heavy atom. The zero-order chi connectivity index (χ0) is 15.6. The Morgan fingerprint density at radius 3 is 2.17 bits per heavy atom. The molecule has 1 aromatic heterocycles. The molecule has 1 heterocycles. The first-order valence-corrected chi connectivity index (χ1v) is 9.73. The van der Waals surface area contributed by atoms with Gasteiger partial charge >= 0.3 is 0 Å². The lowest BCUT2D eigenvalue weighted by Crippen LogP contribution is -2.09. The van der Waals surface area contributed by atoms with Crippen LogP contribution in [0.3, 0.4) is 0 Å². The Bertz CT molecular complexity index is 676. The number of para-hydroxylation sites is 1. The van der Waals surface area contributed by atoms with Crippen molar-refractivity contribution in [2.45, 2.75) is 83.0 Å². The third-order valence-electron chi connectivity index (χ3n) is 6.17. The van der Waals surface area contributed by atoms with Crippen LogP contribution in [0.15, 0.2) is 24.3 Å². The zero-order valence-corrected chi connectivity index (χ0v) is 14.5. The van der Waals surface area contributed by atoms with Crippen molar-refractivity contribution in [1.29, 1.82) is 0 Å². The number of benzene rings is 1. The molecule has 122 valence electrons. The summed E-state index contributed by atoms with van der Waals surface area (Å²) < 4.78 is 0. The molecule has 2 aliphatic carbocycles. The maximum absolute atomic E-state index is 5.23. The highest BCUT2D eigenvalue weighted by Gasteiger charge is 2.21. The van der Waals surface area contributed by atoms with Crippen LogP contribution in [0.25, 0.3) is 10.9 Å². The van der Waals surface area contributed by atoms with Crippen LogP contribution in [0.5, 0.6) is 0 Å². The Labute approximate surface area is 140 Å². The van der Waals surface area contributed by atoms with Crippen molar-refractivity contribution >= 4 is 10.9 Å². The van der Waals surface area contributed by atoms with Gasteiger partial charge in [-0.25, -0.2) is 0 Å². The molecule has 1 heteroatoms. The van der Waals surface area contributed by atoms with Gasteiger partial charge in [-0.3, -0.25) is 4.98 Å². The van der Waals surface area contributed by atoms with E-state index in [0.29, 0.717) is 5.92 Å². The average Bonchev–Trinajstić information content (AvgIpc) is 2.63. The summed E-state index contributed by atoms with van der Waals surface area (Å²) >= 11 is 0. The van der Waals surface area contributed by atoms with Gasteiger partial charge in [0.1, 0.15) is 0 Å². The molecule has 4 rings (SSSR count). The van der Waals surface area contributed by atoms with Gasteiger partial charge in [-0.1, -0.05) is 56.7 Å². The number of aromatic nitrogens is 1. The van der Waals surface area contributed by atoms with Crippen molar-refractivity contribution in [2.24, 2.45) is 0 Å². The summed E-state index contributed by atoms with van der Waals surface area (Å²) in [5.74, 6) is 1.44. The first kappa shape index (κ1) is 15.2. The molecule has 0 aliphatic heterocycles. The Kier molecular flexibility index (Phi) is 4.37. The van der Waals surface area contributed by atoms with Crippen LogP contribution >= 0.6 is 0 Å². The fourth-order valence-corrected chi connectivity index (χ4v) is 4.82. The average molecular weight is 307 g/mol. The predicted molar refractivity (Wildman–Crippen MR) is 98.1 cm³/mol. The molecule has 0 amide bonds. The molecule has 1 nitrogen and oxygen atoms in total. The van der Waals surface area contributed by atoms with Gasteiger partial charge < -0.3 is 0 Å². The van der Waals surface area contributed by atoms with Crippen LogP contribution < -0.4 is 0 Å². The van der Waals surface area contributed by atoms with Gasteiger partial charge in [0.25, 0.3) is 0 Å². The van der Waals surface area contributed by atoms with Gasteiger partial charge in [0.2, 0.25) is 0 Å². The first-order chi connectivity index (χ1) is 11.3. The van der Waals surface area contributed by atoms with E-state index in [0.717, 1.165) is 5.92 Å². The summed E-state index contributed by atoms with van der Waals surface area (Å²) in [6.07, 6.45) is 13.8. The number of rotatable bonds is 2. The van der Waals surface area contributed by atoms with Crippen molar-refractivity contribution in [1.82, 2.24) is 4.98 Å². The lowest BCUT2D eigenvalue weighted by atomic mass is 9.82. The summed E-state index contributed by atoms with van der Waals surface area (Å²) in [7, 11) is 0. The summed E-state index contributed by atoms with van der Waals surface area (Å²) in [6, 6.07) is 9.26. The smallest absolute Gasteiger partial charge is 0.0742 e. The third-order valence-corrected chi connectivity index (χ3v) is 6.17. The van der Waals surface area contributed by atoms with Crippen LogP contribution in [0.4, 0.5) is 0 Å². The highest BCUT2D eigenvalue weighted by molar-refractivity contribution is 5.85. The molecular formula is C22H29N. The highest BCUT2D eigenvalue weighted by atomic mass is 14.7. The van der Waals surface area contributed by atoms with Crippen molar-refractivity contribution < 1.29 is 0 Å². The maximum Gasteiger partial charge on any atom is 0.0742 e. The van der Waals surface area contributed by atoms with Crippen LogP contribution in [0, 0.1) is 6.92 Å². The molecule has 0 atom stereocenters. The number of fused-ring (bicyclic) bond motifs is 1. The Balaban J connectivity index is 1.78. The van der Waals surface area contributed by atoms with Crippen LogP contribution in [0.2, 0.25) is 0 Å². The zero-order valence-electron chi connectivity index (χ0n) is 14.5. The van der Waals surface area contributed by atoms with Crippen LogP contribution in [0.1, 0.15) is 92.9 Å². The molecular weight excluding hydrogens is 278 g/mol. The number of aryl methyl sites for hydroxylation is 1. The van der Waals surface area contributed by atoms with E-state index in [-0.39, 0.29) is 0 Å². The highest BCUT2D eigenvalue weighted by Crippen LogP contribution is 2.38. The largest absolute Gasteiger partial charge is 0.252 e. The second-order valence-corrected chi connectivity index (χ2v) is 7.78. The van der Waals surface area contributed by atoms with E-state index in [1.807, 2.05) is 0 Å². The summed E-state index contributed by atoms with van der Waals surface area (Å²) in [6.45, 7) is 2.28. The van der Waals surface area contributed by atoms with Crippen LogP contribution in [-0.4, -0.2) is 4.98 Å². The van der Waals surface area contributed by atoms with Crippen molar-refractivity contribution in [3.8, 4) is 0 Å². The summed E-state index contributed by atoms with van der Waals surface area (Å²) in [4.78, 5) is 5.23. The Hall–Kier alpha value is -1.37. The van der Waals surface area contributed by atoms with Gasteiger partial charge in [0.15, 0.2) is 0 Å². The number of hydrogen-bond acceptors (Lipinski definition) is 1. The van der Waals surface area contributed by atoms with E-state index in [2.05, 4.69) is 31.2 Å². The van der Waals surface area contributed by atoms with Gasteiger partial charge in [-0.05, 0) is 55.7 Å². The summed E-state index contributed by atoms with van der Waals surface area (Å²) in [5, 5.41) is 1.38. The van der Waals surface area contributed by atoms with E-state index >= 15 is 0 Å². The van der Waals surface area contributed by atoms with Crippen LogP contribution in [-0.2, 0) is 0 Å². The van der Waals surface area contributed by atoms with E-state index < -0.39 is 0 Å². The molecule has 0 radical (unpaired) electrons. The van der Waals surface area contributed by atoms with E-state index in [4.69, 9.17) is 4.98 Å². The topological polar surface area (TPSA) is 12.9 Å². The molecule has 0 unspecified atom stereocenters. The minimum Gasteiger partial charge on any atom is -0.252 e. The lowest BCUT2D eigenvalue weighted by Gasteiger charge is -2.25. The monoisotopic (exact) mass is 307 g/mol. The molecule has 2 aliphatic rings. The maximum atomic E-state index is 5.23. The van der Waals surface area contributed by atoms with E-state index in [9.17, 15) is 0 Å². The minimum atomic E-state index is 0.700. The molecule has 0 saturated heterocycles. The molecule has 0 spiro atoms. The molecule has 2 saturated carbocycles. The molecule has 1 aromatic carbocycles. The normalized spacial score (nSPS) is 20.9. The fraction of sp³-hybridized carbons (Fsp3) is 0.591. The molecule has 0 bridgehead atoms. The predicted octanol–water partition coefficient (Wildman–Crippen LogP) is 6.64. The fourth-order valence-electron chi connectivity index (χ4n) is 4.82. The van der Waals surface area contributed by atoms with Crippen molar-refractivity contribution in [3.05, 3.63) is 41.1 Å². The van der Waals surface area contributed by atoms with Crippen molar-refractivity contribution in [3.63, 3.8) is 0 Å². The van der Waals surface area contributed by atoms with Gasteiger partial charge in [0, 0.05) is 17.0 Å². The second-order valence-electron chi connectivity index (χ2n) is 7.78.